The van der Waals surface area contributed by atoms with Crippen molar-refractivity contribution >= 4 is 26.2 Å². The van der Waals surface area contributed by atoms with Crippen molar-refractivity contribution in [2.24, 2.45) is 0 Å². The molecule has 0 aromatic carbocycles. The summed E-state index contributed by atoms with van der Waals surface area (Å²) in [5.74, 6) is -1.65. The van der Waals surface area contributed by atoms with Gasteiger partial charge in [0, 0.05) is 24.9 Å². The minimum atomic E-state index is -1.94. The van der Waals surface area contributed by atoms with Gasteiger partial charge in [0.2, 0.25) is 5.91 Å². The van der Waals surface area contributed by atoms with Gasteiger partial charge in [-0.3, -0.25) is 18.7 Å². The standard InChI is InChI=1S/C18H29N3O6Si/c1-12-11-19(9-10-27-28(5,6)18(2,3)4)16(24)20(12)13-7-8-14(22)21(15(13)23)17(25)26/h11,13H,7-10H2,1-6H3,(H,25,26). The van der Waals surface area contributed by atoms with E-state index in [9.17, 15) is 19.2 Å². The van der Waals surface area contributed by atoms with Crippen LogP contribution in [0.1, 0.15) is 45.3 Å². The van der Waals surface area contributed by atoms with E-state index in [1.165, 1.54) is 9.13 Å². The van der Waals surface area contributed by atoms with Crippen LogP contribution in [-0.2, 0) is 20.6 Å². The minimum Gasteiger partial charge on any atom is -0.464 e. The summed E-state index contributed by atoms with van der Waals surface area (Å²) in [6.45, 7) is 13.1. The first kappa shape index (κ1) is 22.1. The molecule has 10 heteroatoms. The monoisotopic (exact) mass is 411 g/mol. The summed E-state index contributed by atoms with van der Waals surface area (Å²) >= 11 is 0. The van der Waals surface area contributed by atoms with Crippen molar-refractivity contribution in [3.05, 3.63) is 22.4 Å². The van der Waals surface area contributed by atoms with Gasteiger partial charge in [0.25, 0.3) is 5.91 Å². The maximum absolute atomic E-state index is 12.8. The van der Waals surface area contributed by atoms with E-state index < -0.39 is 38.0 Å². The largest absolute Gasteiger partial charge is 0.464 e. The van der Waals surface area contributed by atoms with Crippen LogP contribution in [-0.4, -0.2) is 52.0 Å². The zero-order valence-electron chi connectivity index (χ0n) is 17.3. The van der Waals surface area contributed by atoms with Gasteiger partial charge in [0.15, 0.2) is 8.32 Å². The Morgan fingerprint density at radius 1 is 1.29 bits per heavy atom. The molecule has 1 saturated heterocycles. The van der Waals surface area contributed by atoms with E-state index in [1.807, 2.05) is 0 Å². The van der Waals surface area contributed by atoms with Gasteiger partial charge >= 0.3 is 11.8 Å². The van der Waals surface area contributed by atoms with Crippen LogP contribution in [0.3, 0.4) is 0 Å². The van der Waals surface area contributed by atoms with Crippen LogP contribution in [0.15, 0.2) is 11.0 Å². The van der Waals surface area contributed by atoms with Gasteiger partial charge in [-0.2, -0.15) is 4.90 Å². The molecule has 1 fully saturated rings. The fraction of sp³-hybridized carbons (Fsp3) is 0.667. The SMILES string of the molecule is Cc1cn(CCO[Si](C)(C)C(C)(C)C)c(=O)n1C1CCC(=O)N(C(=O)O)C1=O. The number of imidazole rings is 1. The summed E-state index contributed by atoms with van der Waals surface area (Å²) in [4.78, 5) is 48.5. The van der Waals surface area contributed by atoms with Crippen molar-refractivity contribution in [3.8, 4) is 0 Å². The Balaban J connectivity index is 2.20. The van der Waals surface area contributed by atoms with E-state index in [1.54, 1.807) is 13.1 Å². The number of carbonyl (C=O) groups excluding carboxylic acids is 2. The van der Waals surface area contributed by atoms with E-state index >= 15 is 0 Å². The zero-order valence-corrected chi connectivity index (χ0v) is 18.3. The lowest BCUT2D eigenvalue weighted by Crippen LogP contribution is -2.50. The molecular weight excluding hydrogens is 382 g/mol. The van der Waals surface area contributed by atoms with Crippen LogP contribution in [0.25, 0.3) is 0 Å². The Hall–Kier alpha value is -2.20. The molecule has 0 radical (unpaired) electrons. The molecule has 1 unspecified atom stereocenters. The molecule has 1 aromatic rings. The third-order valence-electron chi connectivity index (χ3n) is 5.67. The number of aryl methyl sites for hydroxylation is 1. The maximum atomic E-state index is 12.8. The minimum absolute atomic E-state index is 0.0567. The highest BCUT2D eigenvalue weighted by atomic mass is 28.4. The fourth-order valence-electron chi connectivity index (χ4n) is 3.00. The smallest absolute Gasteiger partial charge is 0.421 e. The second kappa shape index (κ2) is 7.67. The first-order valence-electron chi connectivity index (χ1n) is 9.30. The zero-order chi connectivity index (χ0) is 21.4. The molecule has 0 saturated carbocycles. The van der Waals surface area contributed by atoms with E-state index in [-0.39, 0.29) is 22.8 Å². The third-order valence-corrected chi connectivity index (χ3v) is 10.2. The first-order valence-corrected chi connectivity index (χ1v) is 12.2. The average Bonchev–Trinajstić information content (AvgIpc) is 2.81. The van der Waals surface area contributed by atoms with Gasteiger partial charge in [-0.05, 0) is 31.5 Å². The molecule has 1 aliphatic heterocycles. The normalized spacial score (nSPS) is 18.6. The molecule has 1 atom stereocenters. The highest BCUT2D eigenvalue weighted by Crippen LogP contribution is 2.36. The summed E-state index contributed by atoms with van der Waals surface area (Å²) < 4.78 is 8.85. The Kier molecular flexibility index (Phi) is 6.05. The van der Waals surface area contributed by atoms with Crippen molar-refractivity contribution in [1.82, 2.24) is 14.0 Å². The lowest BCUT2D eigenvalue weighted by atomic mass is 10.0. The van der Waals surface area contributed by atoms with E-state index in [2.05, 4.69) is 33.9 Å². The van der Waals surface area contributed by atoms with E-state index in [0.717, 1.165) is 0 Å². The predicted molar refractivity (Wildman–Crippen MR) is 105 cm³/mol. The number of hydrogen-bond donors (Lipinski definition) is 1. The van der Waals surface area contributed by atoms with E-state index in [0.29, 0.717) is 18.8 Å². The molecule has 2 rings (SSSR count). The number of amides is 3. The van der Waals surface area contributed by atoms with Gasteiger partial charge < -0.3 is 9.53 Å². The lowest BCUT2D eigenvalue weighted by molar-refractivity contribution is -0.148. The molecule has 0 aliphatic carbocycles. The van der Waals surface area contributed by atoms with Gasteiger partial charge in [-0.15, -0.1) is 0 Å². The van der Waals surface area contributed by atoms with Crippen molar-refractivity contribution in [2.75, 3.05) is 6.61 Å². The highest BCUT2D eigenvalue weighted by molar-refractivity contribution is 6.74. The third kappa shape index (κ3) is 4.12. The van der Waals surface area contributed by atoms with Crippen LogP contribution in [0.4, 0.5) is 4.79 Å². The van der Waals surface area contributed by atoms with Crippen molar-refractivity contribution in [3.63, 3.8) is 0 Å². The van der Waals surface area contributed by atoms with Gasteiger partial charge in [-0.25, -0.2) is 9.59 Å². The molecule has 156 valence electrons. The van der Waals surface area contributed by atoms with Crippen molar-refractivity contribution in [2.45, 2.75) is 71.3 Å². The summed E-state index contributed by atoms with van der Waals surface area (Å²) in [7, 11) is -1.94. The number of carbonyl (C=O) groups is 3. The molecule has 3 amide bonds. The van der Waals surface area contributed by atoms with Crippen LogP contribution in [0.2, 0.25) is 18.1 Å². The fourth-order valence-corrected chi connectivity index (χ4v) is 4.03. The summed E-state index contributed by atoms with van der Waals surface area (Å²) in [6.07, 6.45) is 0.0141. The number of likely N-dealkylation sites (tertiary alicyclic amines) is 1. The summed E-state index contributed by atoms with van der Waals surface area (Å²) in [6, 6.07) is -0.996. The van der Waals surface area contributed by atoms with Crippen LogP contribution < -0.4 is 5.69 Å². The topological polar surface area (TPSA) is 111 Å². The average molecular weight is 412 g/mol. The summed E-state index contributed by atoms with van der Waals surface area (Å²) in [5.41, 5.74) is 0.129. The van der Waals surface area contributed by atoms with Gasteiger partial charge in [0.1, 0.15) is 6.04 Å². The molecule has 1 N–H and O–H groups in total. The second-order valence-corrected chi connectivity index (χ2v) is 13.4. The lowest BCUT2D eigenvalue weighted by Gasteiger charge is -2.36. The maximum Gasteiger partial charge on any atom is 0.421 e. The van der Waals surface area contributed by atoms with Crippen molar-refractivity contribution in [1.29, 1.82) is 0 Å². The molecule has 2 heterocycles. The second-order valence-electron chi connectivity index (χ2n) is 8.63. The molecule has 1 aromatic heterocycles. The number of nitrogens with zero attached hydrogens (tertiary/aromatic N) is 3. The van der Waals surface area contributed by atoms with E-state index in [4.69, 9.17) is 9.53 Å². The van der Waals surface area contributed by atoms with Crippen LogP contribution >= 0.6 is 0 Å². The predicted octanol–water partition coefficient (Wildman–Crippen LogP) is 2.35. The van der Waals surface area contributed by atoms with Gasteiger partial charge in [-0.1, -0.05) is 20.8 Å². The van der Waals surface area contributed by atoms with Gasteiger partial charge in [0.05, 0.1) is 6.61 Å². The molecule has 28 heavy (non-hydrogen) atoms. The summed E-state index contributed by atoms with van der Waals surface area (Å²) in [5, 5.41) is 9.18. The number of carboxylic acid groups (broad SMARTS) is 1. The molecule has 0 spiro atoms. The molecule has 9 nitrogen and oxygen atoms in total. The Morgan fingerprint density at radius 2 is 1.89 bits per heavy atom. The number of rotatable bonds is 5. The Labute approximate surface area is 165 Å². The number of piperidine rings is 1. The highest BCUT2D eigenvalue weighted by Gasteiger charge is 2.41. The number of aromatic nitrogens is 2. The Morgan fingerprint density at radius 3 is 2.43 bits per heavy atom. The number of imide groups is 3. The first-order chi connectivity index (χ1) is 12.8. The molecule has 1 aliphatic rings. The molecule has 0 bridgehead atoms. The molecular formula is C18H29N3O6Si. The van der Waals surface area contributed by atoms with Crippen LogP contribution in [0.5, 0.6) is 0 Å². The van der Waals surface area contributed by atoms with Crippen LogP contribution in [0, 0.1) is 6.92 Å². The number of hydrogen-bond acceptors (Lipinski definition) is 5. The van der Waals surface area contributed by atoms with Crippen molar-refractivity contribution < 1.29 is 23.9 Å². The quantitative estimate of drug-likeness (QED) is 0.588. The Bertz CT molecular complexity index is 848.